The van der Waals surface area contributed by atoms with Gasteiger partial charge in [-0.2, -0.15) is 0 Å². The van der Waals surface area contributed by atoms with Gasteiger partial charge in [-0.1, -0.05) is 26.0 Å². The second-order valence-corrected chi connectivity index (χ2v) is 7.80. The van der Waals surface area contributed by atoms with Crippen LogP contribution in [0.3, 0.4) is 0 Å². The summed E-state index contributed by atoms with van der Waals surface area (Å²) >= 11 is 0. The van der Waals surface area contributed by atoms with Gasteiger partial charge in [0.15, 0.2) is 5.76 Å². The molecule has 3 aromatic rings. The molecule has 0 radical (unpaired) electrons. The summed E-state index contributed by atoms with van der Waals surface area (Å²) < 4.78 is 19.6. The highest BCUT2D eigenvalue weighted by Gasteiger charge is 2.26. The van der Waals surface area contributed by atoms with Gasteiger partial charge in [0.05, 0.1) is 5.56 Å². The summed E-state index contributed by atoms with van der Waals surface area (Å²) in [6, 6.07) is 11.6. The van der Waals surface area contributed by atoms with E-state index in [0.717, 1.165) is 17.3 Å². The predicted octanol–water partition coefficient (Wildman–Crippen LogP) is 4.27. The zero-order chi connectivity index (χ0) is 21.3. The van der Waals surface area contributed by atoms with Gasteiger partial charge in [-0.15, -0.1) is 0 Å². The molecule has 0 unspecified atom stereocenters. The Bertz CT molecular complexity index is 1050. The first-order valence-electron chi connectivity index (χ1n) is 10.2. The van der Waals surface area contributed by atoms with Crippen LogP contribution in [0.5, 0.6) is 0 Å². The molecule has 1 fully saturated rings. The van der Waals surface area contributed by atoms with Crippen LogP contribution in [-0.4, -0.2) is 47.0 Å². The minimum atomic E-state index is -0.375. The van der Waals surface area contributed by atoms with Gasteiger partial charge in [0.2, 0.25) is 0 Å². The quantitative estimate of drug-likeness (QED) is 0.645. The first-order valence-corrected chi connectivity index (χ1v) is 10.2. The Morgan fingerprint density at radius 3 is 2.50 bits per heavy atom. The molecule has 30 heavy (non-hydrogen) atoms. The van der Waals surface area contributed by atoms with E-state index in [1.54, 1.807) is 35.2 Å². The number of halogens is 1. The van der Waals surface area contributed by atoms with E-state index in [1.165, 1.54) is 6.07 Å². The van der Waals surface area contributed by atoms with Gasteiger partial charge in [-0.05, 0) is 31.2 Å². The van der Waals surface area contributed by atoms with Crippen molar-refractivity contribution in [1.29, 1.82) is 0 Å². The van der Waals surface area contributed by atoms with Gasteiger partial charge in [0.1, 0.15) is 23.2 Å². The largest absolute Gasteiger partial charge is 0.451 e. The zero-order valence-corrected chi connectivity index (χ0v) is 17.4. The molecule has 156 valence electrons. The molecule has 0 atom stereocenters. The Morgan fingerprint density at radius 2 is 1.80 bits per heavy atom. The lowest BCUT2D eigenvalue weighted by molar-refractivity contribution is 0.0715. The Hall–Kier alpha value is -3.22. The minimum absolute atomic E-state index is 0.182. The highest BCUT2D eigenvalue weighted by Crippen LogP contribution is 2.26. The fourth-order valence-corrected chi connectivity index (χ4v) is 3.55. The number of rotatable bonds is 4. The van der Waals surface area contributed by atoms with Crippen molar-refractivity contribution in [3.63, 3.8) is 0 Å². The summed E-state index contributed by atoms with van der Waals surface area (Å²) in [5.74, 6) is 2.01. The van der Waals surface area contributed by atoms with Gasteiger partial charge in [0, 0.05) is 43.9 Å². The molecule has 0 N–H and O–H groups in total. The number of furan rings is 1. The fraction of sp³-hybridized carbons (Fsp3) is 0.348. The molecule has 2 aromatic heterocycles. The van der Waals surface area contributed by atoms with E-state index in [-0.39, 0.29) is 23.4 Å². The van der Waals surface area contributed by atoms with Crippen LogP contribution in [0.4, 0.5) is 10.2 Å². The number of anilines is 1. The second kappa shape index (κ2) is 8.26. The summed E-state index contributed by atoms with van der Waals surface area (Å²) in [5.41, 5.74) is 1.29. The molecule has 1 aromatic carbocycles. The van der Waals surface area contributed by atoms with Crippen molar-refractivity contribution >= 4 is 11.7 Å². The van der Waals surface area contributed by atoms with Crippen molar-refractivity contribution < 1.29 is 13.6 Å². The molecule has 1 aliphatic heterocycles. The van der Waals surface area contributed by atoms with E-state index in [4.69, 9.17) is 4.42 Å². The van der Waals surface area contributed by atoms with Crippen LogP contribution in [0.2, 0.25) is 0 Å². The lowest BCUT2D eigenvalue weighted by atomic mass is 10.1. The van der Waals surface area contributed by atoms with Crippen LogP contribution in [0.15, 0.2) is 46.9 Å². The number of hydrogen-bond donors (Lipinski definition) is 0. The smallest absolute Gasteiger partial charge is 0.289 e. The van der Waals surface area contributed by atoms with Crippen LogP contribution in [0, 0.1) is 12.7 Å². The first-order chi connectivity index (χ1) is 14.4. The molecule has 0 spiro atoms. The van der Waals surface area contributed by atoms with Crippen molar-refractivity contribution in [3.05, 3.63) is 65.6 Å². The van der Waals surface area contributed by atoms with E-state index in [2.05, 4.69) is 28.7 Å². The maximum atomic E-state index is 14.0. The molecule has 7 heteroatoms. The molecule has 1 aliphatic rings. The maximum Gasteiger partial charge on any atom is 0.289 e. The standard InChI is InChI=1S/C23H25FN4O2/c1-15(2)22-25-16(3)14-21(26-22)27-10-12-28(13-11-27)23(29)20-9-8-19(30-20)17-6-4-5-7-18(17)24/h4-9,14-15H,10-13H2,1-3H3. The SMILES string of the molecule is Cc1cc(N2CCN(C(=O)c3ccc(-c4ccccc4F)o3)CC2)nc(C(C)C)n1. The molecule has 0 bridgehead atoms. The van der Waals surface area contributed by atoms with Gasteiger partial charge in [-0.25, -0.2) is 14.4 Å². The number of piperazine rings is 1. The summed E-state index contributed by atoms with van der Waals surface area (Å²) in [4.78, 5) is 26.0. The average Bonchev–Trinajstić information content (AvgIpc) is 3.23. The van der Waals surface area contributed by atoms with Crippen LogP contribution >= 0.6 is 0 Å². The monoisotopic (exact) mass is 408 g/mol. The highest BCUT2D eigenvalue weighted by atomic mass is 19.1. The van der Waals surface area contributed by atoms with E-state index in [9.17, 15) is 9.18 Å². The molecule has 1 amide bonds. The summed E-state index contributed by atoms with van der Waals surface area (Å²) in [6.07, 6.45) is 0. The molecular weight excluding hydrogens is 383 g/mol. The van der Waals surface area contributed by atoms with Crippen LogP contribution in [0.25, 0.3) is 11.3 Å². The zero-order valence-electron chi connectivity index (χ0n) is 17.4. The van der Waals surface area contributed by atoms with Gasteiger partial charge >= 0.3 is 0 Å². The van der Waals surface area contributed by atoms with Gasteiger partial charge in [0.25, 0.3) is 5.91 Å². The Kier molecular flexibility index (Phi) is 5.53. The van der Waals surface area contributed by atoms with Crippen molar-refractivity contribution in [2.75, 3.05) is 31.1 Å². The normalized spacial score (nSPS) is 14.4. The third kappa shape index (κ3) is 4.06. The van der Waals surface area contributed by atoms with E-state index in [0.29, 0.717) is 37.5 Å². The predicted molar refractivity (Wildman–Crippen MR) is 113 cm³/mol. The molecular formula is C23H25FN4O2. The summed E-state index contributed by atoms with van der Waals surface area (Å²) in [5, 5.41) is 0. The molecule has 3 heterocycles. The van der Waals surface area contributed by atoms with E-state index < -0.39 is 0 Å². The van der Waals surface area contributed by atoms with Gasteiger partial charge in [-0.3, -0.25) is 4.79 Å². The number of carbonyl (C=O) groups excluding carboxylic acids is 1. The van der Waals surface area contributed by atoms with Crippen molar-refractivity contribution in [2.45, 2.75) is 26.7 Å². The van der Waals surface area contributed by atoms with E-state index >= 15 is 0 Å². The topological polar surface area (TPSA) is 62.5 Å². The Balaban J connectivity index is 1.44. The van der Waals surface area contributed by atoms with Crippen molar-refractivity contribution in [2.24, 2.45) is 0 Å². The van der Waals surface area contributed by atoms with Crippen LogP contribution in [-0.2, 0) is 0 Å². The number of aromatic nitrogens is 2. The average molecular weight is 408 g/mol. The maximum absolute atomic E-state index is 14.0. The number of aryl methyl sites for hydroxylation is 1. The Labute approximate surface area is 175 Å². The highest BCUT2D eigenvalue weighted by molar-refractivity contribution is 5.92. The number of benzene rings is 1. The lowest BCUT2D eigenvalue weighted by Crippen LogP contribution is -2.49. The number of hydrogen-bond acceptors (Lipinski definition) is 5. The van der Waals surface area contributed by atoms with Crippen molar-refractivity contribution in [3.8, 4) is 11.3 Å². The Morgan fingerprint density at radius 1 is 1.07 bits per heavy atom. The molecule has 4 rings (SSSR count). The minimum Gasteiger partial charge on any atom is -0.451 e. The number of nitrogens with zero attached hydrogens (tertiary/aromatic N) is 4. The van der Waals surface area contributed by atoms with Crippen LogP contribution < -0.4 is 4.90 Å². The molecule has 6 nitrogen and oxygen atoms in total. The number of amides is 1. The first kappa shape index (κ1) is 20.1. The van der Waals surface area contributed by atoms with Crippen molar-refractivity contribution in [1.82, 2.24) is 14.9 Å². The molecule has 0 saturated carbocycles. The number of carbonyl (C=O) groups is 1. The molecule has 1 saturated heterocycles. The third-order valence-electron chi connectivity index (χ3n) is 5.22. The van der Waals surface area contributed by atoms with Crippen LogP contribution in [0.1, 0.15) is 41.8 Å². The summed E-state index contributed by atoms with van der Waals surface area (Å²) in [7, 11) is 0. The summed E-state index contributed by atoms with van der Waals surface area (Å²) in [6.45, 7) is 8.62. The second-order valence-electron chi connectivity index (χ2n) is 7.80. The fourth-order valence-electron chi connectivity index (χ4n) is 3.55. The molecule has 0 aliphatic carbocycles. The van der Waals surface area contributed by atoms with E-state index in [1.807, 2.05) is 13.0 Å². The third-order valence-corrected chi connectivity index (χ3v) is 5.22. The van der Waals surface area contributed by atoms with Gasteiger partial charge < -0.3 is 14.2 Å². The lowest BCUT2D eigenvalue weighted by Gasteiger charge is -2.35.